The van der Waals surface area contributed by atoms with Crippen LogP contribution in [0.25, 0.3) is 0 Å². The van der Waals surface area contributed by atoms with E-state index in [9.17, 15) is 29.7 Å². The Kier molecular flexibility index (Phi) is 6.14. The average molecular weight is 420 g/mol. The molecule has 166 valence electrons. The summed E-state index contributed by atoms with van der Waals surface area (Å²) in [6, 6.07) is -1.12. The van der Waals surface area contributed by atoms with Crippen molar-refractivity contribution in [2.75, 3.05) is 7.05 Å². The maximum atomic E-state index is 13.2. The van der Waals surface area contributed by atoms with E-state index in [0.29, 0.717) is 5.92 Å². The second kappa shape index (κ2) is 8.17. The van der Waals surface area contributed by atoms with Crippen LogP contribution in [0.1, 0.15) is 52.9 Å². The summed E-state index contributed by atoms with van der Waals surface area (Å²) in [5.41, 5.74) is -2.38. The fourth-order valence-electron chi connectivity index (χ4n) is 5.42. The van der Waals surface area contributed by atoms with Crippen LogP contribution in [0.2, 0.25) is 0 Å². The maximum Gasteiger partial charge on any atom is 0.336 e. The Morgan fingerprint density at radius 1 is 1.20 bits per heavy atom. The minimum Gasteiger partial charge on any atom is -0.511 e. The van der Waals surface area contributed by atoms with Crippen molar-refractivity contribution in [3.05, 3.63) is 23.5 Å². The van der Waals surface area contributed by atoms with Crippen LogP contribution < -0.4 is 0 Å². The SMILES string of the molecule is CC(C)[C@@](O)(C[C@H]1C(=O)/C(=C(/O)[C@H]2[C@@H]3CCCC[C@H]3C=C[C@H]2C)C(=O)N1C)C(=O)O. The van der Waals surface area contributed by atoms with Gasteiger partial charge in [-0.1, -0.05) is 45.8 Å². The van der Waals surface area contributed by atoms with E-state index in [-0.39, 0.29) is 29.1 Å². The van der Waals surface area contributed by atoms with Crippen molar-refractivity contribution in [3.8, 4) is 0 Å². The molecule has 0 spiro atoms. The highest BCUT2D eigenvalue weighted by molar-refractivity contribution is 6.26. The molecule has 30 heavy (non-hydrogen) atoms. The number of Topliss-reactive ketones (excluding diaryl/α,β-unsaturated/α-hetero) is 1. The van der Waals surface area contributed by atoms with Gasteiger partial charge in [0.2, 0.25) is 0 Å². The predicted molar refractivity (Wildman–Crippen MR) is 111 cm³/mol. The van der Waals surface area contributed by atoms with E-state index in [0.717, 1.165) is 30.6 Å². The first kappa shape index (κ1) is 22.5. The quantitative estimate of drug-likeness (QED) is 0.273. The fraction of sp³-hybridized carbons (Fsp3) is 0.696. The Balaban J connectivity index is 1.97. The van der Waals surface area contributed by atoms with Gasteiger partial charge in [-0.2, -0.15) is 0 Å². The van der Waals surface area contributed by atoms with Crippen LogP contribution in [-0.4, -0.2) is 56.6 Å². The number of rotatable bonds is 5. The third-order valence-corrected chi connectivity index (χ3v) is 7.52. The third-order valence-electron chi connectivity index (χ3n) is 7.52. The van der Waals surface area contributed by atoms with E-state index in [1.54, 1.807) is 13.8 Å². The summed E-state index contributed by atoms with van der Waals surface area (Å²) in [6.45, 7) is 5.10. The number of ketones is 1. The number of hydrogen-bond donors (Lipinski definition) is 3. The molecule has 3 aliphatic rings. The number of fused-ring (bicyclic) bond motifs is 1. The minimum absolute atomic E-state index is 0.00609. The van der Waals surface area contributed by atoms with Gasteiger partial charge in [0.25, 0.3) is 5.91 Å². The lowest BCUT2D eigenvalue weighted by atomic mass is 9.64. The molecule has 7 nitrogen and oxygen atoms in total. The first-order chi connectivity index (χ1) is 14.0. The zero-order valence-electron chi connectivity index (χ0n) is 18.2. The topological polar surface area (TPSA) is 115 Å². The van der Waals surface area contributed by atoms with E-state index < -0.39 is 41.6 Å². The highest BCUT2D eigenvalue weighted by Crippen LogP contribution is 2.46. The molecule has 0 aromatic heterocycles. The number of carbonyl (C=O) groups excluding carboxylic acids is 2. The molecule has 0 unspecified atom stereocenters. The van der Waals surface area contributed by atoms with Gasteiger partial charge < -0.3 is 20.2 Å². The molecule has 0 bridgehead atoms. The number of carbonyl (C=O) groups is 3. The number of aliphatic hydroxyl groups excluding tert-OH is 1. The number of hydrogen-bond acceptors (Lipinski definition) is 5. The molecule has 1 saturated heterocycles. The number of amides is 1. The smallest absolute Gasteiger partial charge is 0.336 e. The molecule has 2 aliphatic carbocycles. The number of aliphatic carboxylic acids is 1. The zero-order chi connectivity index (χ0) is 22.4. The van der Waals surface area contributed by atoms with E-state index >= 15 is 0 Å². The van der Waals surface area contributed by atoms with Gasteiger partial charge in [-0.3, -0.25) is 9.59 Å². The van der Waals surface area contributed by atoms with Crippen molar-refractivity contribution in [3.63, 3.8) is 0 Å². The van der Waals surface area contributed by atoms with Crippen LogP contribution in [0.4, 0.5) is 0 Å². The van der Waals surface area contributed by atoms with Gasteiger partial charge in [-0.25, -0.2) is 4.79 Å². The second-order valence-electron chi connectivity index (χ2n) is 9.53. The van der Waals surface area contributed by atoms with Gasteiger partial charge in [0.05, 0.1) is 6.04 Å². The lowest BCUT2D eigenvalue weighted by Crippen LogP contribution is -2.49. The molecule has 2 fully saturated rings. The minimum atomic E-state index is -2.14. The molecule has 0 aromatic carbocycles. The molecule has 3 N–H and O–H groups in total. The third kappa shape index (κ3) is 3.57. The van der Waals surface area contributed by atoms with Crippen molar-refractivity contribution in [2.24, 2.45) is 29.6 Å². The van der Waals surface area contributed by atoms with E-state index in [1.807, 2.05) is 6.92 Å². The van der Waals surface area contributed by atoms with Crippen molar-refractivity contribution in [1.29, 1.82) is 0 Å². The number of allylic oxidation sites excluding steroid dienone is 3. The summed E-state index contributed by atoms with van der Waals surface area (Å²) in [4.78, 5) is 39.0. The molecule has 0 radical (unpaired) electrons. The first-order valence-electron chi connectivity index (χ1n) is 10.9. The number of carboxylic acid groups (broad SMARTS) is 1. The molecule has 1 heterocycles. The summed E-state index contributed by atoms with van der Waals surface area (Å²) in [5, 5.41) is 31.3. The lowest BCUT2D eigenvalue weighted by molar-refractivity contribution is -0.166. The van der Waals surface area contributed by atoms with Gasteiger partial charge in [0.1, 0.15) is 11.3 Å². The molecule has 6 atom stereocenters. The number of aliphatic hydroxyl groups is 2. The Morgan fingerprint density at radius 3 is 2.43 bits per heavy atom. The Labute approximate surface area is 177 Å². The van der Waals surface area contributed by atoms with Gasteiger partial charge >= 0.3 is 5.97 Å². The van der Waals surface area contributed by atoms with Gasteiger partial charge in [0, 0.05) is 19.4 Å². The largest absolute Gasteiger partial charge is 0.511 e. The molecule has 0 aromatic rings. The van der Waals surface area contributed by atoms with E-state index in [1.165, 1.54) is 7.05 Å². The predicted octanol–water partition coefficient (Wildman–Crippen LogP) is 2.70. The summed E-state index contributed by atoms with van der Waals surface area (Å²) >= 11 is 0. The number of carboxylic acids is 1. The van der Waals surface area contributed by atoms with Crippen molar-refractivity contribution < 1.29 is 29.7 Å². The molecule has 3 rings (SSSR count). The van der Waals surface area contributed by atoms with Crippen LogP contribution >= 0.6 is 0 Å². The van der Waals surface area contributed by atoms with Crippen LogP contribution in [0.5, 0.6) is 0 Å². The van der Waals surface area contributed by atoms with Crippen molar-refractivity contribution >= 4 is 17.7 Å². The molecule has 1 saturated carbocycles. The molecule has 1 aliphatic heterocycles. The van der Waals surface area contributed by atoms with Gasteiger partial charge in [0.15, 0.2) is 11.4 Å². The first-order valence-corrected chi connectivity index (χ1v) is 10.9. The van der Waals surface area contributed by atoms with Crippen molar-refractivity contribution in [1.82, 2.24) is 4.90 Å². The zero-order valence-corrected chi connectivity index (χ0v) is 18.2. The Morgan fingerprint density at radius 2 is 1.83 bits per heavy atom. The van der Waals surface area contributed by atoms with Gasteiger partial charge in [-0.05, 0) is 36.5 Å². The monoisotopic (exact) mass is 419 g/mol. The summed E-state index contributed by atoms with van der Waals surface area (Å²) < 4.78 is 0. The highest BCUT2D eigenvalue weighted by Gasteiger charge is 2.52. The number of nitrogens with zero attached hydrogens (tertiary/aromatic N) is 1. The van der Waals surface area contributed by atoms with E-state index in [4.69, 9.17) is 0 Å². The molecular weight excluding hydrogens is 386 g/mol. The van der Waals surface area contributed by atoms with Gasteiger partial charge in [-0.15, -0.1) is 0 Å². The van der Waals surface area contributed by atoms with Crippen molar-refractivity contribution in [2.45, 2.75) is 64.5 Å². The van der Waals surface area contributed by atoms with Crippen LogP contribution in [-0.2, 0) is 14.4 Å². The Bertz CT molecular complexity index is 800. The van der Waals surface area contributed by atoms with Crippen LogP contribution in [0, 0.1) is 29.6 Å². The second-order valence-corrected chi connectivity index (χ2v) is 9.53. The molecular formula is C23H33NO6. The fourth-order valence-corrected chi connectivity index (χ4v) is 5.42. The molecule has 1 amide bonds. The average Bonchev–Trinajstić information content (AvgIpc) is 2.90. The normalized spacial score (nSPS) is 35.4. The number of likely N-dealkylation sites (N-methyl/N-ethyl adjacent to an activating group) is 1. The van der Waals surface area contributed by atoms with Crippen LogP contribution in [0.3, 0.4) is 0 Å². The maximum absolute atomic E-state index is 13.2. The summed E-state index contributed by atoms with van der Waals surface area (Å²) in [6.07, 6.45) is 8.02. The standard InChI is InChI=1S/C23H33NO6/c1-12(2)23(30,22(28)29)11-16-19(25)18(21(27)24(16)4)20(26)17-13(3)9-10-14-7-5-6-8-15(14)17/h9-10,12-17,26,30H,5-8,11H2,1-4H3,(H,28,29)/b20-18-/t13-,14+,15-,16+,17-,23+/m1/s1. The summed E-state index contributed by atoms with van der Waals surface area (Å²) in [5.74, 6) is -3.25. The Hall–Kier alpha value is -2.15. The van der Waals surface area contributed by atoms with Crippen LogP contribution in [0.15, 0.2) is 23.5 Å². The van der Waals surface area contributed by atoms with E-state index in [2.05, 4.69) is 12.2 Å². The summed E-state index contributed by atoms with van der Waals surface area (Å²) in [7, 11) is 1.42. The molecule has 7 heteroatoms. The lowest BCUT2D eigenvalue weighted by Gasteiger charge is -2.41. The number of likely N-dealkylation sites (tertiary alicyclic amines) is 1. The highest BCUT2D eigenvalue weighted by atomic mass is 16.4.